The molecular formula is C26H19BrN4O5. The highest BCUT2D eigenvalue weighted by Gasteiger charge is 2.36. The van der Waals surface area contributed by atoms with Crippen molar-refractivity contribution in [2.45, 2.75) is 12.8 Å². The molecule has 0 aliphatic carbocycles. The second-order valence-corrected chi connectivity index (χ2v) is 8.67. The van der Waals surface area contributed by atoms with Crippen LogP contribution in [-0.2, 0) is 0 Å². The van der Waals surface area contributed by atoms with E-state index in [2.05, 4.69) is 32.2 Å². The number of H-pyrrole nitrogens is 1. The van der Waals surface area contributed by atoms with Gasteiger partial charge in [-0.2, -0.15) is 5.26 Å². The van der Waals surface area contributed by atoms with Gasteiger partial charge in [-0.15, -0.1) is 5.10 Å². The number of nitrogens with one attached hydrogen (secondary N) is 1. The number of ether oxygens (including phenoxy) is 3. The highest BCUT2D eigenvalue weighted by atomic mass is 79.9. The predicted molar refractivity (Wildman–Crippen MR) is 132 cm³/mol. The summed E-state index contributed by atoms with van der Waals surface area (Å²) in [5, 5.41) is 17.3. The normalized spacial score (nSPS) is 14.5. The Balaban J connectivity index is 1.60. The van der Waals surface area contributed by atoms with Gasteiger partial charge in [0.2, 0.25) is 17.5 Å². The SMILES string of the molecule is CCOc1cc([C@H]2C(C#N)=C(N)Oc3n[nH]c(-c4ccc(Br)cc4)c32)ccc1OC(=O)c1ccco1. The third-order valence-corrected chi connectivity index (χ3v) is 6.13. The number of nitrogens with zero attached hydrogens (tertiary/aromatic N) is 2. The van der Waals surface area contributed by atoms with E-state index in [1.807, 2.05) is 31.2 Å². The lowest BCUT2D eigenvalue weighted by Gasteiger charge is -2.25. The average Bonchev–Trinajstić information content (AvgIpc) is 3.55. The number of furan rings is 1. The first-order valence-corrected chi connectivity index (χ1v) is 11.7. The molecule has 2 aromatic heterocycles. The van der Waals surface area contributed by atoms with Gasteiger partial charge < -0.3 is 24.4 Å². The average molecular weight is 547 g/mol. The number of aromatic amines is 1. The minimum Gasteiger partial charge on any atom is -0.490 e. The van der Waals surface area contributed by atoms with E-state index in [0.717, 1.165) is 10.0 Å². The maximum atomic E-state index is 12.4. The Kier molecular flexibility index (Phi) is 6.23. The second kappa shape index (κ2) is 9.64. The third-order valence-electron chi connectivity index (χ3n) is 5.60. The molecule has 0 fully saturated rings. The molecule has 1 atom stereocenters. The molecule has 0 unspecified atom stereocenters. The molecule has 0 radical (unpaired) electrons. The smallest absolute Gasteiger partial charge is 0.379 e. The van der Waals surface area contributed by atoms with E-state index in [9.17, 15) is 10.1 Å². The first-order valence-electron chi connectivity index (χ1n) is 10.9. The number of carbonyl (C=O) groups excluding carboxylic acids is 1. The number of rotatable bonds is 6. The number of carbonyl (C=O) groups is 1. The van der Waals surface area contributed by atoms with Crippen LogP contribution in [0.25, 0.3) is 11.3 Å². The Morgan fingerprint density at radius 2 is 2.03 bits per heavy atom. The summed E-state index contributed by atoms with van der Waals surface area (Å²) in [6.45, 7) is 2.14. The number of aromatic nitrogens is 2. The molecule has 1 aliphatic heterocycles. The Labute approximate surface area is 214 Å². The van der Waals surface area contributed by atoms with Crippen molar-refractivity contribution < 1.29 is 23.4 Å². The van der Waals surface area contributed by atoms with E-state index >= 15 is 0 Å². The maximum Gasteiger partial charge on any atom is 0.379 e. The van der Waals surface area contributed by atoms with E-state index in [1.54, 1.807) is 24.3 Å². The zero-order valence-electron chi connectivity index (χ0n) is 18.9. The van der Waals surface area contributed by atoms with Gasteiger partial charge in [-0.1, -0.05) is 34.1 Å². The van der Waals surface area contributed by atoms with Crippen LogP contribution in [0.4, 0.5) is 0 Å². The van der Waals surface area contributed by atoms with Crippen LogP contribution in [-0.4, -0.2) is 22.8 Å². The van der Waals surface area contributed by atoms with Crippen LogP contribution < -0.4 is 19.9 Å². The number of benzene rings is 2. The quantitative estimate of drug-likeness (QED) is 0.246. The van der Waals surface area contributed by atoms with Gasteiger partial charge in [0, 0.05) is 10.0 Å². The molecule has 0 bridgehead atoms. The lowest BCUT2D eigenvalue weighted by molar-refractivity contribution is 0.0695. The Bertz CT molecular complexity index is 1500. The van der Waals surface area contributed by atoms with Crippen LogP contribution in [0.5, 0.6) is 17.4 Å². The molecule has 2 aromatic carbocycles. The molecule has 9 nitrogen and oxygen atoms in total. The van der Waals surface area contributed by atoms with Crippen LogP contribution in [0.1, 0.15) is 34.5 Å². The van der Waals surface area contributed by atoms with Crippen molar-refractivity contribution in [2.75, 3.05) is 6.61 Å². The van der Waals surface area contributed by atoms with Gasteiger partial charge in [0.1, 0.15) is 11.6 Å². The second-order valence-electron chi connectivity index (χ2n) is 7.76. The van der Waals surface area contributed by atoms with E-state index in [-0.39, 0.29) is 28.8 Å². The van der Waals surface area contributed by atoms with Gasteiger partial charge in [-0.05, 0) is 48.9 Å². The van der Waals surface area contributed by atoms with Crippen LogP contribution in [0.2, 0.25) is 0 Å². The van der Waals surface area contributed by atoms with Crippen LogP contribution >= 0.6 is 15.9 Å². The van der Waals surface area contributed by atoms with E-state index in [1.165, 1.54) is 12.3 Å². The van der Waals surface area contributed by atoms with Crippen molar-refractivity contribution in [3.8, 4) is 34.7 Å². The molecule has 0 saturated carbocycles. The van der Waals surface area contributed by atoms with Gasteiger partial charge in [0.05, 0.1) is 30.0 Å². The van der Waals surface area contributed by atoms with Crippen molar-refractivity contribution in [1.29, 1.82) is 5.26 Å². The molecule has 3 heterocycles. The number of fused-ring (bicyclic) bond motifs is 1. The minimum absolute atomic E-state index is 0.0323. The number of nitrogens with two attached hydrogens (primary N) is 1. The summed E-state index contributed by atoms with van der Waals surface area (Å²) in [6, 6.07) is 18.0. The number of hydrogen-bond acceptors (Lipinski definition) is 8. The van der Waals surface area contributed by atoms with Crippen molar-refractivity contribution in [3.05, 3.63) is 93.7 Å². The number of nitriles is 1. The van der Waals surface area contributed by atoms with E-state index < -0.39 is 11.9 Å². The fraction of sp³-hybridized carbons (Fsp3) is 0.115. The first-order chi connectivity index (χ1) is 17.5. The van der Waals surface area contributed by atoms with Crippen molar-refractivity contribution >= 4 is 21.9 Å². The minimum atomic E-state index is -0.656. The van der Waals surface area contributed by atoms with Gasteiger partial charge in [0.25, 0.3) is 0 Å². The fourth-order valence-corrected chi connectivity index (χ4v) is 4.28. The maximum absolute atomic E-state index is 12.4. The molecule has 3 N–H and O–H groups in total. The highest BCUT2D eigenvalue weighted by molar-refractivity contribution is 9.10. The summed E-state index contributed by atoms with van der Waals surface area (Å²) in [6.07, 6.45) is 1.39. The topological polar surface area (TPSA) is 136 Å². The zero-order chi connectivity index (χ0) is 25.2. The molecule has 180 valence electrons. The molecule has 0 amide bonds. The summed E-state index contributed by atoms with van der Waals surface area (Å²) in [5.74, 6) is -0.412. The summed E-state index contributed by atoms with van der Waals surface area (Å²) < 4.78 is 23.0. The molecule has 5 rings (SSSR count). The molecule has 1 aliphatic rings. The summed E-state index contributed by atoms with van der Waals surface area (Å²) >= 11 is 3.45. The van der Waals surface area contributed by atoms with E-state index in [4.69, 9.17) is 24.4 Å². The standard InChI is InChI=1S/C26H19BrN4O5/c1-2-33-20-12-15(7-10-18(20)35-26(32)19-4-3-11-34-19)21-17(13-28)24(29)36-25-22(21)23(30-31-25)14-5-8-16(27)9-6-14/h3-12,21H,2,29H2,1H3,(H,30,31)/t21-/m0/s1. The Morgan fingerprint density at radius 1 is 1.22 bits per heavy atom. The molecule has 0 spiro atoms. The summed E-state index contributed by atoms with van der Waals surface area (Å²) in [4.78, 5) is 12.4. The van der Waals surface area contributed by atoms with Crippen LogP contribution in [0.3, 0.4) is 0 Å². The number of halogens is 1. The zero-order valence-corrected chi connectivity index (χ0v) is 20.5. The first kappa shape index (κ1) is 23.3. The molecule has 0 saturated heterocycles. The predicted octanol–water partition coefficient (Wildman–Crippen LogP) is 5.27. The largest absolute Gasteiger partial charge is 0.490 e. The third kappa shape index (κ3) is 4.21. The van der Waals surface area contributed by atoms with Gasteiger partial charge in [-0.25, -0.2) is 4.79 Å². The van der Waals surface area contributed by atoms with Gasteiger partial charge in [-0.3, -0.25) is 5.10 Å². The lowest BCUT2D eigenvalue weighted by atomic mass is 9.83. The van der Waals surface area contributed by atoms with Crippen LogP contribution in [0, 0.1) is 11.3 Å². The lowest BCUT2D eigenvalue weighted by Crippen LogP contribution is -2.21. The molecule has 36 heavy (non-hydrogen) atoms. The summed E-state index contributed by atoms with van der Waals surface area (Å²) in [5.41, 5.74) is 9.22. The Hall–Kier alpha value is -4.49. The van der Waals surface area contributed by atoms with Crippen molar-refractivity contribution in [3.63, 3.8) is 0 Å². The summed E-state index contributed by atoms with van der Waals surface area (Å²) in [7, 11) is 0. The molecule has 10 heteroatoms. The van der Waals surface area contributed by atoms with Gasteiger partial charge >= 0.3 is 5.97 Å². The van der Waals surface area contributed by atoms with Crippen molar-refractivity contribution in [2.24, 2.45) is 5.73 Å². The number of esters is 1. The molecule has 4 aromatic rings. The number of allylic oxidation sites excluding steroid dienone is 1. The Morgan fingerprint density at radius 3 is 2.72 bits per heavy atom. The van der Waals surface area contributed by atoms with Crippen LogP contribution in [0.15, 0.2) is 81.2 Å². The molecular weight excluding hydrogens is 528 g/mol. The monoisotopic (exact) mass is 546 g/mol. The highest BCUT2D eigenvalue weighted by Crippen LogP contribution is 2.47. The van der Waals surface area contributed by atoms with Gasteiger partial charge in [0.15, 0.2) is 11.5 Å². The fourth-order valence-electron chi connectivity index (χ4n) is 4.02. The van der Waals surface area contributed by atoms with E-state index in [0.29, 0.717) is 29.2 Å². The number of hydrogen-bond donors (Lipinski definition) is 2. The van der Waals surface area contributed by atoms with Crippen molar-refractivity contribution in [1.82, 2.24) is 10.2 Å².